The maximum Gasteiger partial charge on any atom is 0.389 e. The van der Waals surface area contributed by atoms with Gasteiger partial charge in [0.15, 0.2) is 0 Å². The zero-order valence-corrected chi connectivity index (χ0v) is 14.2. The molecule has 0 radical (unpaired) electrons. The predicted molar refractivity (Wildman–Crippen MR) is 87.7 cm³/mol. The third-order valence-corrected chi connectivity index (χ3v) is 4.25. The van der Waals surface area contributed by atoms with Crippen LogP contribution in [-0.2, 0) is 6.42 Å². The fourth-order valence-electron chi connectivity index (χ4n) is 3.23. The van der Waals surface area contributed by atoms with Crippen LogP contribution in [0, 0.1) is 0 Å². The van der Waals surface area contributed by atoms with E-state index >= 15 is 0 Å². The van der Waals surface area contributed by atoms with Crippen molar-refractivity contribution in [1.82, 2.24) is 15.3 Å². The summed E-state index contributed by atoms with van der Waals surface area (Å²) >= 11 is 0. The summed E-state index contributed by atoms with van der Waals surface area (Å²) in [6.45, 7) is 1.87. The highest BCUT2D eigenvalue weighted by Gasteiger charge is 2.36. The van der Waals surface area contributed by atoms with Crippen LogP contribution < -0.4 is 10.2 Å². The lowest BCUT2D eigenvalue weighted by Gasteiger charge is -2.28. The van der Waals surface area contributed by atoms with E-state index in [1.807, 2.05) is 0 Å². The second-order valence-corrected chi connectivity index (χ2v) is 5.75. The molecule has 1 N–H and O–H groups in total. The second-order valence-electron chi connectivity index (χ2n) is 5.75. The van der Waals surface area contributed by atoms with Gasteiger partial charge >= 0.3 is 6.18 Å². The van der Waals surface area contributed by atoms with Gasteiger partial charge in [-0.15, -0.1) is 24.8 Å². The quantitative estimate of drug-likeness (QED) is 0.884. The Hall–Kier alpha value is -0.790. The third-order valence-electron chi connectivity index (χ3n) is 4.25. The molecule has 0 amide bonds. The first-order valence-corrected chi connectivity index (χ1v) is 7.41. The van der Waals surface area contributed by atoms with Crippen molar-refractivity contribution in [1.29, 1.82) is 0 Å². The van der Waals surface area contributed by atoms with Gasteiger partial charge in [0.25, 0.3) is 0 Å². The van der Waals surface area contributed by atoms with E-state index in [-0.39, 0.29) is 31.2 Å². The van der Waals surface area contributed by atoms with Gasteiger partial charge < -0.3 is 10.2 Å². The highest BCUT2D eigenvalue weighted by atomic mass is 35.5. The number of rotatable bonds is 3. The average molecular weight is 373 g/mol. The van der Waals surface area contributed by atoms with Gasteiger partial charge in [0.2, 0.25) is 5.95 Å². The first-order valence-electron chi connectivity index (χ1n) is 7.41. The van der Waals surface area contributed by atoms with E-state index in [1.165, 1.54) is 0 Å². The second kappa shape index (κ2) is 8.35. The fourth-order valence-corrected chi connectivity index (χ4v) is 3.23. The highest BCUT2D eigenvalue weighted by Crippen LogP contribution is 2.31. The van der Waals surface area contributed by atoms with Crippen molar-refractivity contribution in [3.05, 3.63) is 18.0 Å². The van der Waals surface area contributed by atoms with E-state index < -0.39 is 12.6 Å². The van der Waals surface area contributed by atoms with Crippen LogP contribution in [0.2, 0.25) is 0 Å². The highest BCUT2D eigenvalue weighted by molar-refractivity contribution is 5.85. The summed E-state index contributed by atoms with van der Waals surface area (Å²) in [6.07, 6.45) is -0.246. The number of nitrogens with zero attached hydrogens (tertiary/aromatic N) is 3. The Morgan fingerprint density at radius 2 is 1.91 bits per heavy atom. The monoisotopic (exact) mass is 372 g/mol. The van der Waals surface area contributed by atoms with Crippen LogP contribution in [0.3, 0.4) is 0 Å². The summed E-state index contributed by atoms with van der Waals surface area (Å²) in [5.74, 6) is 0.589. The van der Waals surface area contributed by atoms with Crippen molar-refractivity contribution < 1.29 is 13.2 Å². The molecule has 1 aromatic heterocycles. The SMILES string of the molecule is Cl.Cl.FC(F)(F)CCc1ccnc(N2[C@H]3CCNC[C@@H]2CC3)n1. The van der Waals surface area contributed by atoms with E-state index in [4.69, 9.17) is 0 Å². The number of nitrogens with one attached hydrogen (secondary N) is 1. The molecule has 2 saturated heterocycles. The predicted octanol–water partition coefficient (Wildman–Crippen LogP) is 3.15. The summed E-state index contributed by atoms with van der Waals surface area (Å²) in [7, 11) is 0. The number of hydrogen-bond donors (Lipinski definition) is 1. The Labute approximate surface area is 146 Å². The standard InChI is InChI=1S/C14H19F3N4.2ClH/c15-14(16,17)6-3-10-4-8-19-13(20-10)21-11-1-2-12(21)9-18-7-5-11;;/h4,8,11-12,18H,1-3,5-7,9H2;2*1H/t11-,12+;;/m1../s1. The zero-order valence-electron chi connectivity index (χ0n) is 12.6. The fraction of sp³-hybridized carbons (Fsp3) is 0.714. The van der Waals surface area contributed by atoms with Crippen molar-refractivity contribution >= 4 is 30.8 Å². The molecule has 0 spiro atoms. The van der Waals surface area contributed by atoms with Crippen LogP contribution >= 0.6 is 24.8 Å². The van der Waals surface area contributed by atoms with Gasteiger partial charge in [-0.2, -0.15) is 13.2 Å². The smallest absolute Gasteiger partial charge is 0.334 e. The molecule has 132 valence electrons. The van der Waals surface area contributed by atoms with Crippen LogP contribution in [0.1, 0.15) is 31.4 Å². The maximum atomic E-state index is 12.3. The molecule has 9 heteroatoms. The van der Waals surface area contributed by atoms with Gasteiger partial charge in [-0.25, -0.2) is 9.97 Å². The minimum absolute atomic E-state index is 0. The molecule has 2 aliphatic rings. The molecule has 2 bridgehead atoms. The van der Waals surface area contributed by atoms with Gasteiger partial charge in [-0.05, 0) is 38.3 Å². The molecule has 4 nitrogen and oxygen atoms in total. The lowest BCUT2D eigenvalue weighted by Crippen LogP contribution is -2.39. The Kier molecular flexibility index (Phi) is 7.35. The summed E-state index contributed by atoms with van der Waals surface area (Å²) in [5.41, 5.74) is 0.467. The first-order chi connectivity index (χ1) is 10.0. The number of aromatic nitrogens is 2. The molecule has 1 aromatic rings. The van der Waals surface area contributed by atoms with E-state index in [2.05, 4.69) is 20.2 Å². The van der Waals surface area contributed by atoms with Crippen LogP contribution in [0.15, 0.2) is 12.3 Å². The first kappa shape index (κ1) is 20.3. The van der Waals surface area contributed by atoms with E-state index in [0.717, 1.165) is 32.4 Å². The molecule has 0 saturated carbocycles. The van der Waals surface area contributed by atoms with Crippen molar-refractivity contribution in [3.8, 4) is 0 Å². The number of aryl methyl sites for hydroxylation is 1. The summed E-state index contributed by atoms with van der Waals surface area (Å²) in [5, 5.41) is 3.39. The van der Waals surface area contributed by atoms with Crippen molar-refractivity contribution in [2.24, 2.45) is 0 Å². The van der Waals surface area contributed by atoms with Crippen molar-refractivity contribution in [3.63, 3.8) is 0 Å². The summed E-state index contributed by atoms with van der Waals surface area (Å²) in [6, 6.07) is 2.34. The van der Waals surface area contributed by atoms with Gasteiger partial charge in [-0.3, -0.25) is 0 Å². The molecule has 3 heterocycles. The molecular formula is C14H21Cl2F3N4. The summed E-state index contributed by atoms with van der Waals surface area (Å²) < 4.78 is 37.0. The summed E-state index contributed by atoms with van der Waals surface area (Å²) in [4.78, 5) is 10.9. The van der Waals surface area contributed by atoms with E-state index in [9.17, 15) is 13.2 Å². The van der Waals surface area contributed by atoms with E-state index in [0.29, 0.717) is 23.7 Å². The lowest BCUT2D eigenvalue weighted by molar-refractivity contribution is -0.134. The van der Waals surface area contributed by atoms with Gasteiger partial charge in [0.05, 0.1) is 0 Å². The molecule has 23 heavy (non-hydrogen) atoms. The Morgan fingerprint density at radius 3 is 2.65 bits per heavy atom. The van der Waals surface area contributed by atoms with Gasteiger partial charge in [0.1, 0.15) is 0 Å². The van der Waals surface area contributed by atoms with Crippen LogP contribution in [0.25, 0.3) is 0 Å². The normalized spacial score (nSPS) is 23.7. The third kappa shape index (κ3) is 5.09. The van der Waals surface area contributed by atoms with Crippen LogP contribution in [0.5, 0.6) is 0 Å². The zero-order chi connectivity index (χ0) is 14.9. The Bertz CT molecular complexity index is 487. The molecule has 3 rings (SSSR count). The van der Waals surface area contributed by atoms with Crippen LogP contribution in [-0.4, -0.2) is 41.3 Å². The number of anilines is 1. The molecule has 0 unspecified atom stereocenters. The maximum absolute atomic E-state index is 12.3. The molecule has 2 fully saturated rings. The molecular weight excluding hydrogens is 352 g/mol. The number of fused-ring (bicyclic) bond motifs is 2. The topological polar surface area (TPSA) is 41.1 Å². The minimum Gasteiger partial charge on any atom is -0.334 e. The Balaban J connectivity index is 0.00000132. The van der Waals surface area contributed by atoms with Gasteiger partial charge in [-0.1, -0.05) is 0 Å². The largest absolute Gasteiger partial charge is 0.389 e. The average Bonchev–Trinajstić information content (AvgIpc) is 2.69. The number of alkyl halides is 3. The molecule has 2 atom stereocenters. The van der Waals surface area contributed by atoms with Crippen LogP contribution in [0.4, 0.5) is 19.1 Å². The minimum atomic E-state index is -4.14. The number of halogens is 5. The van der Waals surface area contributed by atoms with E-state index in [1.54, 1.807) is 12.3 Å². The molecule has 2 aliphatic heterocycles. The van der Waals surface area contributed by atoms with Gasteiger partial charge in [0, 0.05) is 36.9 Å². The van der Waals surface area contributed by atoms with Crippen molar-refractivity contribution in [2.45, 2.75) is 50.4 Å². The molecule has 0 aliphatic carbocycles. The lowest BCUT2D eigenvalue weighted by atomic mass is 10.1. The Morgan fingerprint density at radius 1 is 1.17 bits per heavy atom. The number of hydrogen-bond acceptors (Lipinski definition) is 4. The van der Waals surface area contributed by atoms with Crippen molar-refractivity contribution in [2.75, 3.05) is 18.0 Å². The molecule has 0 aromatic carbocycles.